The van der Waals surface area contributed by atoms with E-state index in [1.54, 1.807) is 30.5 Å². The summed E-state index contributed by atoms with van der Waals surface area (Å²) in [6.45, 7) is 2.06. The van der Waals surface area contributed by atoms with E-state index in [0.29, 0.717) is 17.0 Å². The first-order chi connectivity index (χ1) is 14.6. The van der Waals surface area contributed by atoms with Crippen molar-refractivity contribution in [1.29, 1.82) is 0 Å². The number of rotatable bonds is 6. The van der Waals surface area contributed by atoms with E-state index in [1.807, 2.05) is 36.5 Å². The second-order valence-electron chi connectivity index (χ2n) is 6.90. The van der Waals surface area contributed by atoms with Gasteiger partial charge < -0.3 is 19.7 Å². The van der Waals surface area contributed by atoms with Crippen LogP contribution < -0.4 is 10.1 Å². The molecule has 7 nitrogen and oxygen atoms in total. The number of hydrogen-bond donors (Lipinski definition) is 3. The Hall–Kier alpha value is -4.00. The zero-order chi connectivity index (χ0) is 21.1. The Morgan fingerprint density at radius 3 is 2.87 bits per heavy atom. The number of aromatic hydroxyl groups is 1. The number of nitrogens with zero attached hydrogens (tertiary/aromatic N) is 2. The molecule has 0 aliphatic rings. The lowest BCUT2D eigenvalue weighted by molar-refractivity contribution is -0.111. The molecule has 1 amide bonds. The van der Waals surface area contributed by atoms with Crippen molar-refractivity contribution in [3.05, 3.63) is 78.3 Å². The van der Waals surface area contributed by atoms with E-state index in [1.165, 1.54) is 13.2 Å². The molecule has 1 atom stereocenters. The number of H-pyrrole nitrogens is 1. The number of amides is 1. The second kappa shape index (κ2) is 8.16. The summed E-state index contributed by atoms with van der Waals surface area (Å²) in [6.07, 6.45) is 6.86. The first kappa shape index (κ1) is 19.3. The van der Waals surface area contributed by atoms with E-state index in [9.17, 15) is 9.90 Å². The molecule has 4 aromatic rings. The van der Waals surface area contributed by atoms with Crippen molar-refractivity contribution < 1.29 is 14.6 Å². The molecule has 7 heteroatoms. The minimum atomic E-state index is -0.266. The number of anilines is 1. The molecule has 0 spiro atoms. The van der Waals surface area contributed by atoms with Crippen LogP contribution in [-0.4, -0.2) is 32.9 Å². The molecule has 2 aromatic carbocycles. The molecule has 0 fully saturated rings. The number of benzene rings is 2. The van der Waals surface area contributed by atoms with Gasteiger partial charge in [0.2, 0.25) is 5.91 Å². The summed E-state index contributed by atoms with van der Waals surface area (Å²) in [6, 6.07) is 14.7. The average molecular weight is 402 g/mol. The highest BCUT2D eigenvalue weighted by atomic mass is 16.5. The van der Waals surface area contributed by atoms with Crippen molar-refractivity contribution in [3.8, 4) is 11.5 Å². The minimum Gasteiger partial charge on any atom is -0.504 e. The lowest BCUT2D eigenvalue weighted by Crippen LogP contribution is -2.11. The molecular weight excluding hydrogens is 380 g/mol. The Morgan fingerprint density at radius 2 is 2.13 bits per heavy atom. The number of ether oxygens (including phenoxy) is 1. The fourth-order valence-corrected chi connectivity index (χ4v) is 3.45. The van der Waals surface area contributed by atoms with Crippen LogP contribution in [0.1, 0.15) is 24.2 Å². The normalized spacial score (nSPS) is 12.3. The minimum absolute atomic E-state index is 0.00428. The van der Waals surface area contributed by atoms with E-state index in [4.69, 9.17) is 4.74 Å². The Morgan fingerprint density at radius 1 is 1.27 bits per heavy atom. The summed E-state index contributed by atoms with van der Waals surface area (Å²) in [7, 11) is 1.49. The quantitative estimate of drug-likeness (QED) is 0.418. The number of para-hydroxylation sites is 1. The molecule has 0 saturated heterocycles. The van der Waals surface area contributed by atoms with Crippen LogP contribution in [0.15, 0.2) is 67.0 Å². The van der Waals surface area contributed by atoms with Crippen LogP contribution >= 0.6 is 0 Å². The molecule has 30 heavy (non-hydrogen) atoms. The number of aromatic nitrogens is 3. The smallest absolute Gasteiger partial charge is 0.248 e. The number of methoxy groups -OCH3 is 1. The number of hydrogen-bond acceptors (Lipinski definition) is 4. The van der Waals surface area contributed by atoms with Crippen molar-refractivity contribution >= 4 is 28.6 Å². The topological polar surface area (TPSA) is 92.2 Å². The number of fused-ring (bicyclic) bond motifs is 1. The number of carbonyl (C=O) groups is 1. The first-order valence-electron chi connectivity index (χ1n) is 9.52. The van der Waals surface area contributed by atoms with Gasteiger partial charge in [-0.05, 0) is 48.9 Å². The van der Waals surface area contributed by atoms with Gasteiger partial charge in [-0.2, -0.15) is 5.10 Å². The zero-order valence-corrected chi connectivity index (χ0v) is 16.7. The SMILES string of the molecule is COc1ccc(C=CC(=O)Nc2cccc3ccn(C(C)c4cc[nH]n4)c23)cc1O. The maximum Gasteiger partial charge on any atom is 0.248 e. The molecule has 0 saturated carbocycles. The Kier molecular flexibility index (Phi) is 5.26. The molecule has 4 rings (SSSR count). The van der Waals surface area contributed by atoms with E-state index >= 15 is 0 Å². The van der Waals surface area contributed by atoms with Gasteiger partial charge in [-0.15, -0.1) is 0 Å². The summed E-state index contributed by atoms with van der Waals surface area (Å²) < 4.78 is 7.12. The zero-order valence-electron chi connectivity index (χ0n) is 16.7. The monoisotopic (exact) mass is 402 g/mol. The third kappa shape index (κ3) is 3.77. The van der Waals surface area contributed by atoms with Crippen molar-refractivity contribution in [2.24, 2.45) is 0 Å². The van der Waals surface area contributed by atoms with Gasteiger partial charge in [-0.1, -0.05) is 18.2 Å². The van der Waals surface area contributed by atoms with E-state index in [2.05, 4.69) is 27.0 Å². The first-order valence-corrected chi connectivity index (χ1v) is 9.52. The lowest BCUT2D eigenvalue weighted by atomic mass is 10.1. The highest BCUT2D eigenvalue weighted by molar-refractivity contribution is 6.07. The third-order valence-electron chi connectivity index (χ3n) is 5.00. The maximum atomic E-state index is 12.6. The average Bonchev–Trinajstić information content (AvgIpc) is 3.42. The highest BCUT2D eigenvalue weighted by Crippen LogP contribution is 2.30. The van der Waals surface area contributed by atoms with Crippen LogP contribution in [0.25, 0.3) is 17.0 Å². The van der Waals surface area contributed by atoms with Crippen LogP contribution in [0.4, 0.5) is 5.69 Å². The number of phenols is 1. The molecule has 3 N–H and O–H groups in total. The molecule has 0 bridgehead atoms. The molecule has 0 radical (unpaired) electrons. The predicted octanol–water partition coefficient (Wildman–Crippen LogP) is 4.34. The fourth-order valence-electron chi connectivity index (χ4n) is 3.45. The van der Waals surface area contributed by atoms with Crippen LogP contribution in [0.5, 0.6) is 11.5 Å². The van der Waals surface area contributed by atoms with Crippen molar-refractivity contribution in [2.75, 3.05) is 12.4 Å². The van der Waals surface area contributed by atoms with Gasteiger partial charge in [0.15, 0.2) is 11.5 Å². The number of carbonyl (C=O) groups excluding carboxylic acids is 1. The summed E-state index contributed by atoms with van der Waals surface area (Å²) in [4.78, 5) is 12.6. The molecule has 1 unspecified atom stereocenters. The maximum absolute atomic E-state index is 12.6. The van der Waals surface area contributed by atoms with Crippen molar-refractivity contribution in [3.63, 3.8) is 0 Å². The molecule has 0 aliphatic heterocycles. The van der Waals surface area contributed by atoms with Crippen LogP contribution in [0.3, 0.4) is 0 Å². The van der Waals surface area contributed by atoms with Gasteiger partial charge in [0.25, 0.3) is 0 Å². The lowest BCUT2D eigenvalue weighted by Gasteiger charge is -2.15. The standard InChI is InChI=1S/C23H22N4O3/c1-15(18-10-12-24-26-18)27-13-11-17-4-3-5-19(23(17)27)25-22(29)9-7-16-6-8-21(30-2)20(28)14-16/h3-15,28H,1-2H3,(H,24,26)(H,25,29). The Balaban J connectivity index is 1.58. The molecule has 0 aliphatic carbocycles. The van der Waals surface area contributed by atoms with Crippen LogP contribution in [0, 0.1) is 0 Å². The Bertz CT molecular complexity index is 1210. The summed E-state index contributed by atoms with van der Waals surface area (Å²) >= 11 is 0. The Labute approximate surface area is 173 Å². The second-order valence-corrected chi connectivity index (χ2v) is 6.90. The predicted molar refractivity (Wildman–Crippen MR) is 117 cm³/mol. The fraction of sp³-hybridized carbons (Fsp3) is 0.130. The number of aromatic amines is 1. The van der Waals surface area contributed by atoms with Gasteiger partial charge in [0.1, 0.15) is 0 Å². The van der Waals surface area contributed by atoms with Gasteiger partial charge in [0.05, 0.1) is 30.0 Å². The highest BCUT2D eigenvalue weighted by Gasteiger charge is 2.15. The third-order valence-corrected chi connectivity index (χ3v) is 5.00. The van der Waals surface area contributed by atoms with Crippen LogP contribution in [-0.2, 0) is 4.79 Å². The summed E-state index contributed by atoms with van der Waals surface area (Å²) in [5, 5.41) is 21.0. The van der Waals surface area contributed by atoms with E-state index in [0.717, 1.165) is 16.6 Å². The van der Waals surface area contributed by atoms with Gasteiger partial charge in [0, 0.05) is 23.9 Å². The molecule has 2 aromatic heterocycles. The summed E-state index contributed by atoms with van der Waals surface area (Å²) in [5.74, 6) is 0.142. The number of nitrogens with one attached hydrogen (secondary N) is 2. The molecule has 2 heterocycles. The van der Waals surface area contributed by atoms with Crippen LogP contribution in [0.2, 0.25) is 0 Å². The number of phenolic OH excluding ortho intramolecular Hbond substituents is 1. The van der Waals surface area contributed by atoms with Gasteiger partial charge in [-0.25, -0.2) is 0 Å². The molecule has 152 valence electrons. The van der Waals surface area contributed by atoms with Crippen molar-refractivity contribution in [1.82, 2.24) is 14.8 Å². The van der Waals surface area contributed by atoms with Crippen molar-refractivity contribution in [2.45, 2.75) is 13.0 Å². The van der Waals surface area contributed by atoms with Gasteiger partial charge >= 0.3 is 0 Å². The van der Waals surface area contributed by atoms with E-state index < -0.39 is 0 Å². The van der Waals surface area contributed by atoms with E-state index in [-0.39, 0.29) is 17.7 Å². The molecular formula is C23H22N4O3. The largest absolute Gasteiger partial charge is 0.504 e. The summed E-state index contributed by atoms with van der Waals surface area (Å²) in [5.41, 5.74) is 3.24. The van der Waals surface area contributed by atoms with Gasteiger partial charge in [-0.3, -0.25) is 9.89 Å².